The first-order chi connectivity index (χ1) is 11.8. The van der Waals surface area contributed by atoms with Crippen molar-refractivity contribution in [3.05, 3.63) is 59.8 Å². The van der Waals surface area contributed by atoms with Gasteiger partial charge in [0.2, 0.25) is 0 Å². The summed E-state index contributed by atoms with van der Waals surface area (Å²) in [5.74, 6) is -1.29. The number of rotatable bonds is 3. The molecule has 3 aromatic rings. The van der Waals surface area contributed by atoms with Crippen molar-refractivity contribution < 1.29 is 27.8 Å². The maximum Gasteiger partial charge on any atom is 0.417 e. The van der Waals surface area contributed by atoms with E-state index in [0.29, 0.717) is 11.1 Å². The first-order valence-electron chi connectivity index (χ1n) is 7.19. The number of hydrogen-bond donors (Lipinski definition) is 1. The molecule has 0 bridgehead atoms. The van der Waals surface area contributed by atoms with Crippen molar-refractivity contribution in [3.63, 3.8) is 0 Å². The molecule has 1 N–H and O–H groups in total. The zero-order chi connectivity index (χ0) is 18.2. The predicted molar refractivity (Wildman–Crippen MR) is 85.7 cm³/mol. The van der Waals surface area contributed by atoms with Crippen molar-refractivity contribution in [2.45, 2.75) is 6.18 Å². The van der Waals surface area contributed by atoms with Gasteiger partial charge in [-0.2, -0.15) is 13.2 Å². The van der Waals surface area contributed by atoms with Crippen LogP contribution in [-0.2, 0) is 6.18 Å². The van der Waals surface area contributed by atoms with Crippen LogP contribution in [0.3, 0.4) is 0 Å². The van der Waals surface area contributed by atoms with Crippen LogP contribution in [0.25, 0.3) is 22.0 Å². The number of hydrogen-bond acceptors (Lipinski definition) is 3. The van der Waals surface area contributed by atoms with Crippen LogP contribution in [-0.4, -0.2) is 23.2 Å². The Hall–Kier alpha value is -3.09. The zero-order valence-electron chi connectivity index (χ0n) is 13.0. The van der Waals surface area contributed by atoms with Gasteiger partial charge in [0.05, 0.1) is 23.8 Å². The molecule has 4 nitrogen and oxygen atoms in total. The van der Waals surface area contributed by atoms with E-state index in [-0.39, 0.29) is 16.6 Å². The molecule has 128 valence electrons. The van der Waals surface area contributed by atoms with Gasteiger partial charge in [-0.1, -0.05) is 18.2 Å². The molecule has 1 aromatic heterocycles. The highest BCUT2D eigenvalue weighted by molar-refractivity contribution is 6.03. The van der Waals surface area contributed by atoms with Gasteiger partial charge in [0.25, 0.3) is 0 Å². The van der Waals surface area contributed by atoms with Crippen LogP contribution < -0.4 is 4.74 Å². The normalized spacial score (nSPS) is 11.5. The monoisotopic (exact) mass is 347 g/mol. The number of halogens is 3. The third-order valence-electron chi connectivity index (χ3n) is 3.77. The second kappa shape index (κ2) is 6.08. The van der Waals surface area contributed by atoms with Crippen LogP contribution in [0, 0.1) is 0 Å². The van der Waals surface area contributed by atoms with E-state index in [1.54, 1.807) is 6.07 Å². The molecule has 0 fully saturated rings. The summed E-state index contributed by atoms with van der Waals surface area (Å²) < 4.78 is 46.3. The highest BCUT2D eigenvalue weighted by Crippen LogP contribution is 2.43. The number of methoxy groups -OCH3 is 1. The number of pyridine rings is 1. The SMILES string of the molecule is COc1cccc(-c2c(C(F)(F)F)c(C(=O)O)cc3cccnc23)c1. The number of aromatic carboxylic acids is 1. The Labute approximate surface area is 140 Å². The molecule has 0 aliphatic carbocycles. The lowest BCUT2D eigenvalue weighted by Crippen LogP contribution is -2.15. The fourth-order valence-electron chi connectivity index (χ4n) is 2.75. The summed E-state index contributed by atoms with van der Waals surface area (Å²) >= 11 is 0. The highest BCUT2D eigenvalue weighted by atomic mass is 19.4. The molecule has 0 unspecified atom stereocenters. The average molecular weight is 347 g/mol. The molecule has 0 aliphatic rings. The van der Waals surface area contributed by atoms with E-state index >= 15 is 0 Å². The molecule has 0 radical (unpaired) electrons. The Bertz CT molecular complexity index is 967. The quantitative estimate of drug-likeness (QED) is 0.751. The fourth-order valence-corrected chi connectivity index (χ4v) is 2.75. The molecule has 0 saturated carbocycles. The standard InChI is InChI=1S/C18H12F3NO3/c1-25-12-6-2-4-10(8-12)14-15(18(19,20)21)13(17(23)24)9-11-5-3-7-22-16(11)14/h2-9H,1H3,(H,23,24). The molecular weight excluding hydrogens is 335 g/mol. The Kier molecular flexibility index (Phi) is 4.08. The maximum atomic E-state index is 13.7. The number of ether oxygens (including phenoxy) is 1. The summed E-state index contributed by atoms with van der Waals surface area (Å²) in [6.07, 6.45) is -3.50. The minimum Gasteiger partial charge on any atom is -0.497 e. The molecule has 3 rings (SSSR count). The van der Waals surface area contributed by atoms with Gasteiger partial charge in [0.1, 0.15) is 5.75 Å². The Morgan fingerprint density at radius 3 is 2.56 bits per heavy atom. The summed E-state index contributed by atoms with van der Waals surface area (Å²) in [6, 6.07) is 10.1. The van der Waals surface area contributed by atoms with Gasteiger partial charge in [-0.05, 0) is 29.8 Å². The van der Waals surface area contributed by atoms with Crippen LogP contribution in [0.15, 0.2) is 48.7 Å². The summed E-state index contributed by atoms with van der Waals surface area (Å²) in [7, 11) is 1.40. The molecule has 1 heterocycles. The molecule has 2 aromatic carbocycles. The Balaban J connectivity index is 2.51. The van der Waals surface area contributed by atoms with Gasteiger partial charge in [-0.3, -0.25) is 4.98 Å². The number of alkyl halides is 3. The number of carboxylic acid groups (broad SMARTS) is 1. The van der Waals surface area contributed by atoms with Crippen LogP contribution in [0.2, 0.25) is 0 Å². The van der Waals surface area contributed by atoms with Gasteiger partial charge in [-0.25, -0.2) is 4.79 Å². The smallest absolute Gasteiger partial charge is 0.417 e. The van der Waals surface area contributed by atoms with E-state index in [1.165, 1.54) is 43.6 Å². The Morgan fingerprint density at radius 2 is 1.92 bits per heavy atom. The first-order valence-corrected chi connectivity index (χ1v) is 7.19. The minimum atomic E-state index is -4.86. The lowest BCUT2D eigenvalue weighted by atomic mass is 9.91. The second-order valence-corrected chi connectivity index (χ2v) is 5.28. The fraction of sp³-hybridized carbons (Fsp3) is 0.111. The lowest BCUT2D eigenvalue weighted by molar-refractivity contribution is -0.137. The van der Waals surface area contributed by atoms with E-state index in [2.05, 4.69) is 4.98 Å². The summed E-state index contributed by atoms with van der Waals surface area (Å²) in [5.41, 5.74) is -2.06. The molecule has 0 saturated heterocycles. The van der Waals surface area contributed by atoms with Gasteiger partial charge in [-0.15, -0.1) is 0 Å². The molecule has 25 heavy (non-hydrogen) atoms. The first kappa shape index (κ1) is 16.8. The maximum absolute atomic E-state index is 13.7. The third-order valence-corrected chi connectivity index (χ3v) is 3.77. The van der Waals surface area contributed by atoms with Crippen molar-refractivity contribution in [1.82, 2.24) is 4.98 Å². The molecule has 0 atom stereocenters. The predicted octanol–water partition coefficient (Wildman–Crippen LogP) is 4.63. The van der Waals surface area contributed by atoms with Crippen LogP contribution >= 0.6 is 0 Å². The van der Waals surface area contributed by atoms with Crippen molar-refractivity contribution in [2.75, 3.05) is 7.11 Å². The largest absolute Gasteiger partial charge is 0.497 e. The summed E-state index contributed by atoms with van der Waals surface area (Å²) in [5, 5.41) is 9.63. The average Bonchev–Trinajstić information content (AvgIpc) is 2.59. The number of nitrogens with zero attached hydrogens (tertiary/aromatic N) is 1. The van der Waals surface area contributed by atoms with Gasteiger partial charge in [0.15, 0.2) is 0 Å². The second-order valence-electron chi connectivity index (χ2n) is 5.28. The summed E-state index contributed by atoms with van der Waals surface area (Å²) in [4.78, 5) is 15.5. The molecular formula is C18H12F3NO3. The van der Waals surface area contributed by atoms with E-state index in [4.69, 9.17) is 4.74 Å². The molecule has 0 aliphatic heterocycles. The van der Waals surface area contributed by atoms with Crippen LogP contribution in [0.1, 0.15) is 15.9 Å². The van der Waals surface area contributed by atoms with Crippen molar-refractivity contribution >= 4 is 16.9 Å². The molecule has 0 amide bonds. The van der Waals surface area contributed by atoms with Gasteiger partial charge >= 0.3 is 12.1 Å². The zero-order valence-corrected chi connectivity index (χ0v) is 13.0. The summed E-state index contributed by atoms with van der Waals surface area (Å²) in [6.45, 7) is 0. The van der Waals surface area contributed by atoms with Crippen molar-refractivity contribution in [3.8, 4) is 16.9 Å². The van der Waals surface area contributed by atoms with Gasteiger partial charge < -0.3 is 9.84 Å². The third kappa shape index (κ3) is 3.00. The highest BCUT2D eigenvalue weighted by Gasteiger charge is 2.39. The lowest BCUT2D eigenvalue weighted by Gasteiger charge is -2.18. The molecule has 7 heteroatoms. The number of carboxylic acids is 1. The van der Waals surface area contributed by atoms with E-state index < -0.39 is 23.3 Å². The minimum absolute atomic E-state index is 0.0769. The number of benzene rings is 2. The van der Waals surface area contributed by atoms with E-state index in [1.807, 2.05) is 0 Å². The Morgan fingerprint density at radius 1 is 1.16 bits per heavy atom. The van der Waals surface area contributed by atoms with Crippen molar-refractivity contribution in [1.29, 1.82) is 0 Å². The van der Waals surface area contributed by atoms with Crippen LogP contribution in [0.4, 0.5) is 13.2 Å². The topological polar surface area (TPSA) is 59.4 Å². The van der Waals surface area contributed by atoms with Crippen LogP contribution in [0.5, 0.6) is 5.75 Å². The number of carbonyl (C=O) groups is 1. The van der Waals surface area contributed by atoms with Gasteiger partial charge in [0, 0.05) is 17.1 Å². The van der Waals surface area contributed by atoms with E-state index in [9.17, 15) is 23.1 Å². The van der Waals surface area contributed by atoms with E-state index in [0.717, 1.165) is 6.07 Å². The number of aromatic nitrogens is 1. The number of fused-ring (bicyclic) bond motifs is 1. The molecule has 0 spiro atoms. The van der Waals surface area contributed by atoms with Crippen molar-refractivity contribution in [2.24, 2.45) is 0 Å².